The van der Waals surface area contributed by atoms with Crippen LogP contribution in [0.5, 0.6) is 0 Å². The Balaban J connectivity index is 1.98. The van der Waals surface area contributed by atoms with Crippen molar-refractivity contribution >= 4 is 21.8 Å². The molecule has 2 nitrogen and oxygen atoms in total. The van der Waals surface area contributed by atoms with E-state index < -0.39 is 0 Å². The zero-order chi connectivity index (χ0) is 10.8. The molecule has 2 fully saturated rings. The van der Waals surface area contributed by atoms with Crippen LogP contribution in [-0.2, 0) is 0 Å². The number of likely N-dealkylation sites (tertiary alicyclic amines) is 1. The lowest BCUT2D eigenvalue weighted by Gasteiger charge is -2.29. The Morgan fingerprint density at radius 3 is 2.93 bits per heavy atom. The van der Waals surface area contributed by atoms with Crippen molar-refractivity contribution < 1.29 is 0 Å². The molecule has 0 aromatic carbocycles. The number of hydrogen-bond donors (Lipinski definition) is 1. The molecule has 1 aliphatic carbocycles. The smallest absolute Gasteiger partial charge is 0.0993 e. The summed E-state index contributed by atoms with van der Waals surface area (Å²) in [5.74, 6) is 3.24. The van der Waals surface area contributed by atoms with E-state index in [1.54, 1.807) is 0 Å². The fraction of sp³-hybridized carbons (Fsp3) is 0.917. The summed E-state index contributed by atoms with van der Waals surface area (Å²) in [5, 5.41) is 9.15. The Morgan fingerprint density at radius 1 is 1.47 bits per heavy atom. The van der Waals surface area contributed by atoms with Crippen LogP contribution in [-0.4, -0.2) is 29.2 Å². The van der Waals surface area contributed by atoms with Gasteiger partial charge in [0, 0.05) is 24.3 Å². The Kier molecular flexibility index (Phi) is 3.70. The number of amidine groups is 1. The second-order valence-electron chi connectivity index (χ2n) is 4.97. The lowest BCUT2D eigenvalue weighted by molar-refractivity contribution is 0.231. The minimum Gasteiger partial charge on any atom is -0.359 e. The van der Waals surface area contributed by atoms with E-state index in [4.69, 9.17) is 5.41 Å². The molecule has 15 heavy (non-hydrogen) atoms. The Morgan fingerprint density at radius 2 is 2.27 bits per heavy atom. The Bertz CT molecular complexity index is 242. The zero-order valence-electron chi connectivity index (χ0n) is 9.51. The van der Waals surface area contributed by atoms with Crippen molar-refractivity contribution in [1.82, 2.24) is 4.90 Å². The number of nitrogens with zero attached hydrogens (tertiary/aromatic N) is 1. The van der Waals surface area contributed by atoms with Crippen LogP contribution in [0.15, 0.2) is 0 Å². The van der Waals surface area contributed by atoms with Gasteiger partial charge in [-0.3, -0.25) is 5.41 Å². The van der Waals surface area contributed by atoms with Crippen LogP contribution in [0.2, 0.25) is 0 Å². The van der Waals surface area contributed by atoms with Gasteiger partial charge in [-0.1, -0.05) is 29.3 Å². The summed E-state index contributed by atoms with van der Waals surface area (Å²) < 4.78 is 0. The van der Waals surface area contributed by atoms with Gasteiger partial charge in [-0.05, 0) is 31.1 Å². The van der Waals surface area contributed by atoms with Crippen LogP contribution < -0.4 is 0 Å². The van der Waals surface area contributed by atoms with Gasteiger partial charge in [0.25, 0.3) is 0 Å². The van der Waals surface area contributed by atoms with Crippen molar-refractivity contribution in [2.75, 3.05) is 18.4 Å². The quantitative estimate of drug-likeness (QED) is 0.786. The average Bonchev–Trinajstić information content (AvgIpc) is 2.56. The summed E-state index contributed by atoms with van der Waals surface area (Å²) in [5.41, 5.74) is 0. The molecule has 3 heteroatoms. The highest BCUT2D eigenvalue weighted by Crippen LogP contribution is 2.40. The number of nitrogens with one attached hydrogen (secondary N) is 1. The van der Waals surface area contributed by atoms with Crippen molar-refractivity contribution in [3.63, 3.8) is 0 Å². The number of halogens is 1. The van der Waals surface area contributed by atoms with Crippen LogP contribution in [0.25, 0.3) is 0 Å². The molecule has 1 heterocycles. The highest BCUT2D eigenvalue weighted by molar-refractivity contribution is 9.09. The van der Waals surface area contributed by atoms with E-state index in [2.05, 4.69) is 27.8 Å². The van der Waals surface area contributed by atoms with Gasteiger partial charge in [0.15, 0.2) is 0 Å². The van der Waals surface area contributed by atoms with Crippen LogP contribution in [0, 0.1) is 23.2 Å². The summed E-state index contributed by atoms with van der Waals surface area (Å²) in [7, 11) is 0. The molecular formula is C12H21BrN2. The van der Waals surface area contributed by atoms with Crippen molar-refractivity contribution in [2.24, 2.45) is 17.8 Å². The molecule has 0 aromatic heterocycles. The van der Waals surface area contributed by atoms with Crippen LogP contribution in [0.1, 0.15) is 32.6 Å². The third kappa shape index (κ3) is 2.22. The molecule has 86 valence electrons. The third-order valence-corrected chi connectivity index (χ3v) is 4.52. The van der Waals surface area contributed by atoms with Crippen molar-refractivity contribution in [3.8, 4) is 0 Å². The van der Waals surface area contributed by atoms with E-state index in [-0.39, 0.29) is 0 Å². The van der Waals surface area contributed by atoms with Gasteiger partial charge in [-0.2, -0.15) is 0 Å². The summed E-state index contributed by atoms with van der Waals surface area (Å²) in [6.07, 6.45) is 5.31. The number of alkyl halides is 1. The molecule has 0 amide bonds. The molecule has 1 saturated carbocycles. The van der Waals surface area contributed by atoms with E-state index in [9.17, 15) is 0 Å². The molecule has 2 rings (SSSR count). The molecule has 3 unspecified atom stereocenters. The maximum atomic E-state index is 8.16. The third-order valence-electron chi connectivity index (χ3n) is 4.17. The van der Waals surface area contributed by atoms with E-state index in [1.807, 2.05) is 0 Å². The first-order valence-corrected chi connectivity index (χ1v) is 7.27. The minimum absolute atomic E-state index is 0.590. The minimum atomic E-state index is 0.590. The summed E-state index contributed by atoms with van der Waals surface area (Å²) in [6.45, 7) is 4.47. The lowest BCUT2D eigenvalue weighted by Crippen LogP contribution is -2.28. The van der Waals surface area contributed by atoms with Crippen molar-refractivity contribution in [3.05, 3.63) is 0 Å². The van der Waals surface area contributed by atoms with Gasteiger partial charge >= 0.3 is 0 Å². The lowest BCUT2D eigenvalue weighted by atomic mass is 9.75. The monoisotopic (exact) mass is 272 g/mol. The van der Waals surface area contributed by atoms with Gasteiger partial charge in [-0.15, -0.1) is 0 Å². The molecule has 3 atom stereocenters. The Hall–Kier alpha value is -0.0500. The first-order valence-electron chi connectivity index (χ1n) is 6.15. The second-order valence-corrected chi connectivity index (χ2v) is 5.77. The standard InChI is InChI=1S/C12H21BrN2/c1-2-9-3-4-11-10(7-9)8-15(6-5-13)12(11)14/h9-11,14H,2-8H2,1H3. The zero-order valence-corrected chi connectivity index (χ0v) is 11.1. The van der Waals surface area contributed by atoms with Crippen molar-refractivity contribution in [2.45, 2.75) is 32.6 Å². The van der Waals surface area contributed by atoms with Crippen molar-refractivity contribution in [1.29, 1.82) is 5.41 Å². The van der Waals surface area contributed by atoms with E-state index in [0.29, 0.717) is 5.92 Å². The number of hydrogen-bond acceptors (Lipinski definition) is 1. The molecule has 1 saturated heterocycles. The Labute approximate surface area is 101 Å². The first kappa shape index (κ1) is 11.4. The van der Waals surface area contributed by atoms with Crippen LogP contribution in [0.3, 0.4) is 0 Å². The van der Waals surface area contributed by atoms with E-state index in [0.717, 1.165) is 36.1 Å². The molecule has 0 spiro atoms. The highest BCUT2D eigenvalue weighted by Gasteiger charge is 2.40. The van der Waals surface area contributed by atoms with Gasteiger partial charge in [0.2, 0.25) is 0 Å². The summed E-state index contributed by atoms with van der Waals surface area (Å²) in [6, 6.07) is 0. The normalized spacial score (nSPS) is 35.7. The van der Waals surface area contributed by atoms with Gasteiger partial charge < -0.3 is 4.90 Å². The van der Waals surface area contributed by atoms with E-state index in [1.165, 1.54) is 25.7 Å². The van der Waals surface area contributed by atoms with Gasteiger partial charge in [0.05, 0.1) is 5.84 Å². The molecule has 0 aromatic rings. The molecule has 1 aliphatic heterocycles. The van der Waals surface area contributed by atoms with Gasteiger partial charge in [-0.25, -0.2) is 0 Å². The molecule has 0 bridgehead atoms. The molecule has 2 aliphatic rings. The molecule has 1 N–H and O–H groups in total. The number of rotatable bonds is 3. The van der Waals surface area contributed by atoms with Gasteiger partial charge in [0.1, 0.15) is 0 Å². The topological polar surface area (TPSA) is 27.1 Å². The molecular weight excluding hydrogens is 252 g/mol. The summed E-state index contributed by atoms with van der Waals surface area (Å²) >= 11 is 3.47. The second kappa shape index (κ2) is 4.86. The fourth-order valence-corrected chi connectivity index (χ4v) is 3.65. The predicted octanol–water partition coefficient (Wildman–Crippen LogP) is 3.12. The fourth-order valence-electron chi connectivity index (χ4n) is 3.22. The molecule has 0 radical (unpaired) electrons. The van der Waals surface area contributed by atoms with Crippen LogP contribution >= 0.6 is 15.9 Å². The van der Waals surface area contributed by atoms with E-state index >= 15 is 0 Å². The van der Waals surface area contributed by atoms with Crippen LogP contribution in [0.4, 0.5) is 0 Å². The first-order chi connectivity index (χ1) is 7.26. The highest BCUT2D eigenvalue weighted by atomic mass is 79.9. The largest absolute Gasteiger partial charge is 0.359 e. The summed E-state index contributed by atoms with van der Waals surface area (Å²) in [4.78, 5) is 2.28. The number of fused-ring (bicyclic) bond motifs is 1. The predicted molar refractivity (Wildman–Crippen MR) is 67.7 cm³/mol. The maximum absolute atomic E-state index is 8.16. The maximum Gasteiger partial charge on any atom is 0.0993 e. The average molecular weight is 273 g/mol. The SMILES string of the molecule is CCC1CCC2C(=N)N(CCBr)CC2C1.